The standard InChI is InChI=1S/3C22H28Br2O2.2C14H16N2/c3*1-11-15(23)9-13(21(3,4)5)19(25)17(11)18-12(2)16(24)10-14(20(18)26)22(6,7)8;2*15-13(11-7-3-1-4-8-11)14(16)12-9-5-2-6-10-12/h3*9-10,25-26H,1-8H3;2*1-10,13-14H,15-16H2/t;;;2*13-,14-/m...11/s1. The molecule has 0 bridgehead atoms. The van der Waals surface area contributed by atoms with Crippen LogP contribution in [0.2, 0.25) is 0 Å². The molecule has 4 atom stereocenters. The highest BCUT2D eigenvalue weighted by Gasteiger charge is 2.34. The van der Waals surface area contributed by atoms with Crippen molar-refractivity contribution in [2.24, 2.45) is 22.9 Å². The molecule has 10 rings (SSSR count). The maximum Gasteiger partial charge on any atom is 0.127 e. The number of nitrogens with two attached hydrogens (primary N) is 4. The van der Waals surface area contributed by atoms with Crippen molar-refractivity contribution in [1.82, 2.24) is 0 Å². The topological polar surface area (TPSA) is 225 Å². The lowest BCUT2D eigenvalue weighted by molar-refractivity contribution is 0.439. The van der Waals surface area contributed by atoms with Gasteiger partial charge in [0.1, 0.15) is 34.5 Å². The summed E-state index contributed by atoms with van der Waals surface area (Å²) in [5.41, 5.74) is 42.2. The molecule has 0 saturated heterocycles. The molecular weight excluding hydrogens is 1760 g/mol. The van der Waals surface area contributed by atoms with Gasteiger partial charge in [-0.3, -0.25) is 0 Å². The van der Waals surface area contributed by atoms with E-state index in [1.807, 2.05) is 199 Å². The first-order valence-corrected chi connectivity index (χ1v) is 41.7. The van der Waals surface area contributed by atoms with Gasteiger partial charge in [-0.25, -0.2) is 0 Å². The lowest BCUT2D eigenvalue weighted by Crippen LogP contribution is -2.26. The summed E-state index contributed by atoms with van der Waals surface area (Å²) in [6, 6.07) is 51.0. The number of aromatic hydroxyl groups is 6. The largest absolute Gasteiger partial charge is 0.507 e. The Morgan fingerprint density at radius 3 is 0.427 bits per heavy atom. The molecule has 590 valence electrons. The van der Waals surface area contributed by atoms with Crippen LogP contribution in [0.5, 0.6) is 34.5 Å². The van der Waals surface area contributed by atoms with Crippen LogP contribution >= 0.6 is 95.6 Å². The van der Waals surface area contributed by atoms with Crippen molar-refractivity contribution in [3.05, 3.63) is 274 Å². The summed E-state index contributed by atoms with van der Waals surface area (Å²) in [6.45, 7) is 49.0. The van der Waals surface area contributed by atoms with E-state index in [1.165, 1.54) is 0 Å². The van der Waals surface area contributed by atoms with E-state index in [1.54, 1.807) is 0 Å². The highest BCUT2D eigenvalue weighted by atomic mass is 79.9. The Morgan fingerprint density at radius 1 is 0.218 bits per heavy atom. The molecule has 10 aromatic carbocycles. The minimum atomic E-state index is -0.225. The number of rotatable bonds is 9. The molecule has 0 unspecified atom stereocenters. The van der Waals surface area contributed by atoms with Gasteiger partial charge in [-0.05, 0) is 166 Å². The van der Waals surface area contributed by atoms with Crippen LogP contribution in [0.3, 0.4) is 0 Å². The first-order valence-electron chi connectivity index (χ1n) is 37.0. The Labute approximate surface area is 707 Å². The van der Waals surface area contributed by atoms with Crippen molar-refractivity contribution in [3.63, 3.8) is 0 Å². The van der Waals surface area contributed by atoms with Gasteiger partial charge in [-0.1, -0.05) is 342 Å². The molecule has 0 aliphatic carbocycles. The second-order valence-corrected chi connectivity index (χ2v) is 39.9. The van der Waals surface area contributed by atoms with E-state index in [0.717, 1.165) is 116 Å². The summed E-state index contributed by atoms with van der Waals surface area (Å²) in [6.07, 6.45) is 0. The first-order chi connectivity index (χ1) is 50.6. The Hall–Kier alpha value is -6.28. The molecule has 0 saturated carbocycles. The lowest BCUT2D eigenvalue weighted by atomic mass is 9.80. The normalized spacial score (nSPS) is 13.1. The van der Waals surface area contributed by atoms with Gasteiger partial charge in [0.2, 0.25) is 0 Å². The highest BCUT2D eigenvalue weighted by Crippen LogP contribution is 2.55. The quantitative estimate of drug-likeness (QED) is 0.0658. The minimum absolute atomic E-state index is 0.163. The average molecular weight is 1880 g/mol. The Bertz CT molecular complexity index is 4130. The fraction of sp³-hybridized carbons (Fsp3) is 0.362. The van der Waals surface area contributed by atoms with Crippen molar-refractivity contribution in [3.8, 4) is 67.9 Å². The summed E-state index contributed by atoms with van der Waals surface area (Å²) in [5, 5.41) is 67.0. The molecule has 0 heterocycles. The number of phenolic OH excluding ortho intramolecular Hbond substituents is 6. The fourth-order valence-electron chi connectivity index (χ4n) is 13.2. The van der Waals surface area contributed by atoms with Crippen LogP contribution in [0.4, 0.5) is 0 Å². The van der Waals surface area contributed by atoms with Crippen molar-refractivity contribution < 1.29 is 30.6 Å². The Morgan fingerprint density at radius 2 is 0.327 bits per heavy atom. The zero-order chi connectivity index (χ0) is 83.3. The SMILES string of the molecule is Cc1c(Br)cc(C(C)(C)C)c(O)c1-c1c(C)c(Br)cc(C(C)(C)C)c1O.Cc1c(Br)cc(C(C)(C)C)c(O)c1-c1c(C)c(Br)cc(C(C)(C)C)c1O.Cc1c(Br)cc(C(C)(C)C)c(O)c1-c1c(C)c(Br)cc(C(C)(C)C)c1O.N[C@H](c1ccccc1)[C@H](N)c1ccccc1.N[C@H](c1ccccc1)[C@H](N)c1ccccc1. The molecule has 0 aliphatic heterocycles. The van der Waals surface area contributed by atoms with Crippen molar-refractivity contribution >= 4 is 95.6 Å². The smallest absolute Gasteiger partial charge is 0.127 e. The lowest BCUT2D eigenvalue weighted by Gasteiger charge is -2.28. The van der Waals surface area contributed by atoms with Crippen LogP contribution in [-0.4, -0.2) is 30.6 Å². The number of benzene rings is 10. The average Bonchev–Trinajstić information content (AvgIpc) is 0.756. The number of hydrogen-bond acceptors (Lipinski definition) is 10. The second-order valence-electron chi connectivity index (χ2n) is 34.8. The van der Waals surface area contributed by atoms with Crippen LogP contribution in [0.1, 0.15) is 238 Å². The van der Waals surface area contributed by atoms with Gasteiger partial charge in [0.15, 0.2) is 0 Å². The molecule has 0 aliphatic rings. The molecule has 14 N–H and O–H groups in total. The van der Waals surface area contributed by atoms with Crippen molar-refractivity contribution in [1.29, 1.82) is 0 Å². The van der Waals surface area contributed by atoms with Crippen molar-refractivity contribution in [2.75, 3.05) is 0 Å². The predicted octanol–water partition coefficient (Wildman–Crippen LogP) is 27.3. The third-order valence-corrected chi connectivity index (χ3v) is 25.0. The number of halogens is 6. The van der Waals surface area contributed by atoms with Crippen molar-refractivity contribution in [2.45, 2.75) is 223 Å². The van der Waals surface area contributed by atoms with E-state index < -0.39 is 0 Å². The number of hydrogen-bond donors (Lipinski definition) is 10. The molecule has 0 spiro atoms. The summed E-state index contributed by atoms with van der Waals surface area (Å²) < 4.78 is 5.54. The van der Waals surface area contributed by atoms with Crippen LogP contribution in [-0.2, 0) is 32.5 Å². The van der Waals surface area contributed by atoms with Gasteiger partial charge in [-0.2, -0.15) is 0 Å². The summed E-state index contributed by atoms with van der Waals surface area (Å²) in [5.74, 6) is 1.39. The molecule has 110 heavy (non-hydrogen) atoms. The van der Waals surface area contributed by atoms with E-state index in [2.05, 4.69) is 220 Å². The molecule has 0 radical (unpaired) electrons. The molecular formula is C94H116Br6N4O6. The van der Waals surface area contributed by atoms with Crippen LogP contribution in [0.15, 0.2) is 185 Å². The Kier molecular flexibility index (Phi) is 31.1. The van der Waals surface area contributed by atoms with Crippen LogP contribution in [0, 0.1) is 41.5 Å². The summed E-state index contributed by atoms with van der Waals surface area (Å²) in [7, 11) is 0. The van der Waals surface area contributed by atoms with Gasteiger partial charge in [-0.15, -0.1) is 0 Å². The zero-order valence-electron chi connectivity index (χ0n) is 68.6. The molecule has 0 fully saturated rings. The van der Waals surface area contributed by atoms with Gasteiger partial charge < -0.3 is 53.6 Å². The maximum atomic E-state index is 11.2. The van der Waals surface area contributed by atoms with Gasteiger partial charge in [0, 0.05) is 118 Å². The van der Waals surface area contributed by atoms with Gasteiger partial charge in [0.05, 0.1) is 0 Å². The molecule has 16 heteroatoms. The fourth-order valence-corrected chi connectivity index (χ4v) is 15.8. The maximum absolute atomic E-state index is 11.2. The van der Waals surface area contributed by atoms with E-state index in [9.17, 15) is 30.6 Å². The third-order valence-electron chi connectivity index (χ3n) is 20.1. The second kappa shape index (κ2) is 36.9. The predicted molar refractivity (Wildman–Crippen MR) is 486 cm³/mol. The minimum Gasteiger partial charge on any atom is -0.507 e. The molecule has 10 aromatic rings. The molecule has 0 amide bonds. The monoisotopic (exact) mass is 1870 g/mol. The molecule has 0 aromatic heterocycles. The van der Waals surface area contributed by atoms with E-state index in [0.29, 0.717) is 33.4 Å². The summed E-state index contributed by atoms with van der Waals surface area (Å²) >= 11 is 21.9. The Balaban J connectivity index is 0.000000218. The number of phenols is 6. The van der Waals surface area contributed by atoms with Gasteiger partial charge >= 0.3 is 0 Å². The molecule has 10 nitrogen and oxygen atoms in total. The zero-order valence-corrected chi connectivity index (χ0v) is 78.1. The van der Waals surface area contributed by atoms with Crippen LogP contribution < -0.4 is 22.9 Å². The first kappa shape index (κ1) is 92.6. The third kappa shape index (κ3) is 21.8. The van der Waals surface area contributed by atoms with E-state index in [-0.39, 0.29) is 91.2 Å². The van der Waals surface area contributed by atoms with Crippen LogP contribution in [0.25, 0.3) is 33.4 Å². The van der Waals surface area contributed by atoms with Gasteiger partial charge in [0.25, 0.3) is 0 Å². The summed E-state index contributed by atoms with van der Waals surface area (Å²) in [4.78, 5) is 0. The van der Waals surface area contributed by atoms with E-state index >= 15 is 0 Å². The highest BCUT2D eigenvalue weighted by molar-refractivity contribution is 9.11. The van der Waals surface area contributed by atoms with E-state index in [4.69, 9.17) is 22.9 Å².